The van der Waals surface area contributed by atoms with Gasteiger partial charge in [0, 0.05) is 29.6 Å². The summed E-state index contributed by atoms with van der Waals surface area (Å²) in [5, 5.41) is 7.77. The smallest absolute Gasteiger partial charge is 0.390 e. The van der Waals surface area contributed by atoms with Crippen LogP contribution in [0.25, 0.3) is 0 Å². The summed E-state index contributed by atoms with van der Waals surface area (Å²) in [5.74, 6) is 0. The zero-order valence-electron chi connectivity index (χ0n) is 31.7. The maximum absolute atomic E-state index is 8.43. The van der Waals surface area contributed by atoms with Crippen molar-refractivity contribution in [1.29, 1.82) is 0 Å². The maximum atomic E-state index is 8.43. The Morgan fingerprint density at radius 1 is 0.175 bits per heavy atom. The van der Waals surface area contributed by atoms with Crippen LogP contribution in [0.15, 0.2) is 243 Å². The van der Waals surface area contributed by atoms with E-state index in [0.717, 1.165) is 41.5 Å². The van der Waals surface area contributed by atoms with Crippen molar-refractivity contribution in [1.82, 2.24) is 0 Å². The Bertz CT molecular complexity index is 1940. The van der Waals surface area contributed by atoms with Gasteiger partial charge in [0.1, 0.15) is 0 Å². The van der Waals surface area contributed by atoms with E-state index < -0.39 is 34.2 Å². The molecule has 1 radical (unpaired) electrons. The van der Waals surface area contributed by atoms with Gasteiger partial charge in [-0.1, -0.05) is 243 Å². The molecule has 1 fully saturated rings. The summed E-state index contributed by atoms with van der Waals surface area (Å²) in [6, 6.07) is 84.2. The van der Waals surface area contributed by atoms with E-state index in [1.807, 2.05) is 48.5 Å². The average Bonchev–Trinajstić information content (AvgIpc) is 3.29. The molecule has 0 aliphatic carbocycles. The van der Waals surface area contributed by atoms with Gasteiger partial charge >= 0.3 is 34.2 Å². The molecular weight excluding hydrogens is 776 g/mol. The van der Waals surface area contributed by atoms with E-state index >= 15 is 0 Å². The van der Waals surface area contributed by atoms with Crippen LogP contribution in [0.2, 0.25) is 0 Å². The van der Waals surface area contributed by atoms with Crippen LogP contribution >= 0.6 is 0 Å². The second kappa shape index (κ2) is 17.1. The fraction of sp³-hybridized carbons (Fsp3) is 0. The first kappa shape index (κ1) is 39.3. The quantitative estimate of drug-likeness (QED) is 0.209. The van der Waals surface area contributed by atoms with Crippen molar-refractivity contribution >= 4 is 105 Å². The molecule has 0 saturated carbocycles. The second-order valence-corrected chi connectivity index (χ2v) is 26.6. The molecule has 0 bridgehead atoms. The third-order valence-electron chi connectivity index (χ3n) is 10.4. The summed E-state index contributed by atoms with van der Waals surface area (Å²) in [4.78, 5) is 0. The number of hydrogen-bond acceptors (Lipinski definition) is 4. The van der Waals surface area contributed by atoms with E-state index in [2.05, 4.69) is 194 Å². The minimum Gasteiger partial charge on any atom is -0.402 e. The topological polar surface area (TPSA) is 36.9 Å². The van der Waals surface area contributed by atoms with E-state index in [1.54, 1.807) is 0 Å². The van der Waals surface area contributed by atoms with E-state index in [4.69, 9.17) is 16.5 Å². The predicted octanol–water partition coefficient (Wildman–Crippen LogP) is 4.71. The molecular formula is C48H40NaO4Si4. The molecule has 9 heteroatoms. The summed E-state index contributed by atoms with van der Waals surface area (Å²) in [6.07, 6.45) is 0. The molecule has 0 amide bonds. The molecule has 8 aromatic carbocycles. The van der Waals surface area contributed by atoms with E-state index in [1.165, 1.54) is 0 Å². The summed E-state index contributed by atoms with van der Waals surface area (Å²) in [6.45, 7) is 0. The average molecular weight is 816 g/mol. The molecule has 0 unspecified atom stereocenters. The second-order valence-electron chi connectivity index (χ2n) is 13.8. The van der Waals surface area contributed by atoms with Gasteiger partial charge in [-0.2, -0.15) is 0 Å². The van der Waals surface area contributed by atoms with Gasteiger partial charge in [0.05, 0.1) is 0 Å². The third-order valence-corrected chi connectivity index (χ3v) is 28.3. The molecule has 1 heterocycles. The van der Waals surface area contributed by atoms with Crippen LogP contribution < -0.4 is 41.5 Å². The summed E-state index contributed by atoms with van der Waals surface area (Å²) in [5.41, 5.74) is 0. The Balaban J connectivity index is 0.00000455. The molecule has 0 aromatic heterocycles. The van der Waals surface area contributed by atoms with Crippen LogP contribution in [-0.2, 0) is 16.5 Å². The molecule has 0 spiro atoms. The molecule has 273 valence electrons. The first-order valence-corrected chi connectivity index (χ1v) is 26.2. The molecule has 0 atom stereocenters. The van der Waals surface area contributed by atoms with E-state index in [0.29, 0.717) is 0 Å². The first-order valence-electron chi connectivity index (χ1n) is 18.9. The molecule has 1 aliphatic rings. The Labute approximate surface area is 361 Å². The molecule has 9 rings (SSSR count). The van der Waals surface area contributed by atoms with Gasteiger partial charge < -0.3 is 16.5 Å². The summed E-state index contributed by atoms with van der Waals surface area (Å²) >= 11 is 0. The SMILES string of the molecule is [Na].c1ccc([Si]2(c3ccccc3)O[Si](c3ccccc3)(c3ccccc3)O[Si](c3ccccc3)(c3ccccc3)O[Si](c3ccccc3)(c3ccccc3)O2)cc1. The maximum Gasteiger partial charge on any atom is 0.390 e. The minimum absolute atomic E-state index is 0. The molecule has 1 aliphatic heterocycles. The van der Waals surface area contributed by atoms with Crippen molar-refractivity contribution in [2.45, 2.75) is 0 Å². The van der Waals surface area contributed by atoms with Gasteiger partial charge in [0.2, 0.25) is 0 Å². The van der Waals surface area contributed by atoms with Crippen molar-refractivity contribution in [2.24, 2.45) is 0 Å². The Morgan fingerprint density at radius 2 is 0.281 bits per heavy atom. The van der Waals surface area contributed by atoms with Crippen LogP contribution in [0.5, 0.6) is 0 Å². The van der Waals surface area contributed by atoms with Gasteiger partial charge in [-0.15, -0.1) is 0 Å². The zero-order valence-corrected chi connectivity index (χ0v) is 37.7. The fourth-order valence-corrected chi connectivity index (χ4v) is 30.3. The van der Waals surface area contributed by atoms with Gasteiger partial charge in [-0.25, -0.2) is 0 Å². The van der Waals surface area contributed by atoms with Crippen LogP contribution in [0.1, 0.15) is 0 Å². The molecule has 0 N–H and O–H groups in total. The predicted molar refractivity (Wildman–Crippen MR) is 242 cm³/mol. The van der Waals surface area contributed by atoms with E-state index in [9.17, 15) is 0 Å². The normalized spacial score (nSPS) is 16.6. The Hall–Kier alpha value is -4.53. The zero-order chi connectivity index (χ0) is 37.7. The first-order chi connectivity index (χ1) is 27.7. The number of hydrogen-bond donors (Lipinski definition) is 0. The molecule has 57 heavy (non-hydrogen) atoms. The van der Waals surface area contributed by atoms with Crippen LogP contribution in [0, 0.1) is 0 Å². The number of benzene rings is 8. The van der Waals surface area contributed by atoms with Gasteiger partial charge in [-0.05, 0) is 41.5 Å². The summed E-state index contributed by atoms with van der Waals surface area (Å²) < 4.78 is 33.7. The Kier molecular flexibility index (Phi) is 11.8. The van der Waals surface area contributed by atoms with Crippen LogP contribution in [0.3, 0.4) is 0 Å². The van der Waals surface area contributed by atoms with Gasteiger partial charge in [0.25, 0.3) is 0 Å². The standard InChI is InChI=1S/C48H40O4Si4.Na/c1-9-25-41(26-10-1)53(42-27-11-2-12-28-42)49-54(43-29-13-3-14-30-43,44-31-15-4-16-32-44)51-56(47-37-21-7-22-38-47,48-39-23-8-24-40-48)52-55(50-53,45-33-17-5-18-34-45)46-35-19-6-20-36-46;/h1-40H;. The van der Waals surface area contributed by atoms with Crippen molar-refractivity contribution < 1.29 is 16.5 Å². The van der Waals surface area contributed by atoms with Crippen molar-refractivity contribution in [3.8, 4) is 0 Å². The largest absolute Gasteiger partial charge is 0.402 e. The van der Waals surface area contributed by atoms with Gasteiger partial charge in [-0.3, -0.25) is 0 Å². The monoisotopic (exact) mass is 815 g/mol. The van der Waals surface area contributed by atoms with Gasteiger partial charge in [0.15, 0.2) is 0 Å². The van der Waals surface area contributed by atoms with Crippen molar-refractivity contribution in [3.63, 3.8) is 0 Å². The van der Waals surface area contributed by atoms with Crippen molar-refractivity contribution in [3.05, 3.63) is 243 Å². The molecule has 1 saturated heterocycles. The number of rotatable bonds is 8. The Morgan fingerprint density at radius 3 is 0.386 bits per heavy atom. The fourth-order valence-electron chi connectivity index (χ4n) is 7.76. The van der Waals surface area contributed by atoms with Crippen molar-refractivity contribution in [2.75, 3.05) is 0 Å². The third kappa shape index (κ3) is 7.29. The minimum atomic E-state index is -3.89. The molecule has 4 nitrogen and oxygen atoms in total. The summed E-state index contributed by atoms with van der Waals surface area (Å²) in [7, 11) is -15.6. The molecule has 8 aromatic rings. The van der Waals surface area contributed by atoms with Crippen LogP contribution in [-0.4, -0.2) is 63.8 Å². The van der Waals surface area contributed by atoms with E-state index in [-0.39, 0.29) is 29.6 Å². The van der Waals surface area contributed by atoms with Crippen LogP contribution in [0.4, 0.5) is 0 Å².